The number of ether oxygens (including phenoxy) is 1. The minimum atomic E-state index is -0.622. The van der Waals surface area contributed by atoms with Gasteiger partial charge < -0.3 is 4.74 Å². The molecular formula is C22H24F2O2. The van der Waals surface area contributed by atoms with Crippen LogP contribution in [0.3, 0.4) is 0 Å². The molecule has 0 bridgehead atoms. The number of carbonyl (C=O) groups excluding carboxylic acids is 1. The molecule has 0 fully saturated rings. The van der Waals surface area contributed by atoms with E-state index in [1.54, 1.807) is 24.3 Å². The Morgan fingerprint density at radius 2 is 1.92 bits per heavy atom. The highest BCUT2D eigenvalue weighted by atomic mass is 19.1. The smallest absolute Gasteiger partial charge is 0.341 e. The normalized spacial score (nSPS) is 16.3. The van der Waals surface area contributed by atoms with Crippen LogP contribution in [0.15, 0.2) is 30.3 Å². The Balaban J connectivity index is 1.90. The Morgan fingerprint density at radius 3 is 2.62 bits per heavy atom. The van der Waals surface area contributed by atoms with Crippen molar-refractivity contribution in [2.45, 2.75) is 58.5 Å². The van der Waals surface area contributed by atoms with E-state index in [1.807, 2.05) is 6.92 Å². The van der Waals surface area contributed by atoms with E-state index in [0.29, 0.717) is 29.5 Å². The molecule has 0 amide bonds. The Labute approximate surface area is 153 Å². The van der Waals surface area contributed by atoms with E-state index in [9.17, 15) is 9.18 Å². The number of esters is 1. The van der Waals surface area contributed by atoms with E-state index in [-0.39, 0.29) is 23.0 Å². The molecule has 2 nitrogen and oxygen atoms in total. The van der Waals surface area contributed by atoms with Crippen LogP contribution in [0, 0.1) is 11.6 Å². The highest BCUT2D eigenvalue weighted by Crippen LogP contribution is 2.32. The molecule has 0 saturated carbocycles. The summed E-state index contributed by atoms with van der Waals surface area (Å²) in [6, 6.07) is 8.08. The summed E-state index contributed by atoms with van der Waals surface area (Å²) < 4.78 is 34.5. The summed E-state index contributed by atoms with van der Waals surface area (Å²) in [6.45, 7) is 3.99. The lowest BCUT2D eigenvalue weighted by Gasteiger charge is -2.25. The van der Waals surface area contributed by atoms with E-state index in [4.69, 9.17) is 4.74 Å². The second kappa shape index (κ2) is 7.98. The highest BCUT2D eigenvalue weighted by Gasteiger charge is 2.30. The van der Waals surface area contributed by atoms with Gasteiger partial charge in [-0.3, -0.25) is 0 Å². The maximum atomic E-state index is 15.0. The summed E-state index contributed by atoms with van der Waals surface area (Å²) in [5.41, 5.74) is 1.91. The van der Waals surface area contributed by atoms with Crippen molar-refractivity contribution in [1.82, 2.24) is 0 Å². The summed E-state index contributed by atoms with van der Waals surface area (Å²) in [5.74, 6) is -1.60. The number of halogens is 2. The molecule has 2 aromatic carbocycles. The van der Waals surface area contributed by atoms with Crippen molar-refractivity contribution in [2.24, 2.45) is 0 Å². The van der Waals surface area contributed by atoms with Gasteiger partial charge in [0.05, 0.1) is 5.56 Å². The van der Waals surface area contributed by atoms with Gasteiger partial charge >= 0.3 is 5.97 Å². The quantitative estimate of drug-likeness (QED) is 0.478. The lowest BCUT2D eigenvalue weighted by atomic mass is 9.91. The third-order valence-electron chi connectivity index (χ3n) is 5.03. The molecular weight excluding hydrogens is 334 g/mol. The van der Waals surface area contributed by atoms with Crippen molar-refractivity contribution >= 4 is 5.97 Å². The molecule has 0 radical (unpaired) electrons. The molecule has 1 unspecified atom stereocenters. The van der Waals surface area contributed by atoms with Crippen molar-refractivity contribution in [3.63, 3.8) is 0 Å². The van der Waals surface area contributed by atoms with Crippen molar-refractivity contribution in [3.8, 4) is 11.1 Å². The second-order valence-corrected chi connectivity index (χ2v) is 6.85. The average Bonchev–Trinajstić information content (AvgIpc) is 2.62. The molecule has 4 heteroatoms. The van der Waals surface area contributed by atoms with E-state index in [0.717, 1.165) is 25.7 Å². The molecule has 0 N–H and O–H groups in total. The van der Waals surface area contributed by atoms with Gasteiger partial charge in [-0.05, 0) is 42.0 Å². The minimum absolute atomic E-state index is 0.00535. The molecule has 0 aliphatic carbocycles. The molecule has 2 aromatic rings. The molecule has 1 atom stereocenters. The zero-order chi connectivity index (χ0) is 18.7. The number of unbranched alkanes of at least 4 members (excludes halogenated alkanes) is 2. The number of fused-ring (bicyclic) bond motifs is 1. The van der Waals surface area contributed by atoms with E-state index in [1.165, 1.54) is 6.07 Å². The standard InChI is InChI=1S/C22H24F2O2/c1-3-5-6-7-17-12-16-10-11-18(21(24)20(16)22(25)26-17)15-9-8-14(4-2)19(23)13-15/h8-11,13,17H,3-7,12H2,1-2H3. The molecule has 1 heterocycles. The summed E-state index contributed by atoms with van der Waals surface area (Å²) in [5, 5.41) is 0. The first-order valence-electron chi connectivity index (χ1n) is 9.36. The van der Waals surface area contributed by atoms with Crippen molar-refractivity contribution < 1.29 is 18.3 Å². The topological polar surface area (TPSA) is 26.3 Å². The monoisotopic (exact) mass is 358 g/mol. The average molecular weight is 358 g/mol. The lowest BCUT2D eigenvalue weighted by molar-refractivity contribution is 0.0225. The Kier molecular flexibility index (Phi) is 5.70. The largest absolute Gasteiger partial charge is 0.458 e. The van der Waals surface area contributed by atoms with Crippen LogP contribution in [0.25, 0.3) is 11.1 Å². The first-order valence-corrected chi connectivity index (χ1v) is 9.36. The van der Waals surface area contributed by atoms with Gasteiger partial charge in [0.25, 0.3) is 0 Å². The van der Waals surface area contributed by atoms with Gasteiger partial charge in [-0.15, -0.1) is 0 Å². The molecule has 0 aromatic heterocycles. The third kappa shape index (κ3) is 3.64. The zero-order valence-corrected chi connectivity index (χ0v) is 15.3. The molecule has 3 rings (SSSR count). The molecule has 1 aliphatic heterocycles. The van der Waals surface area contributed by atoms with Crippen LogP contribution >= 0.6 is 0 Å². The van der Waals surface area contributed by atoms with Gasteiger partial charge in [0, 0.05) is 12.0 Å². The van der Waals surface area contributed by atoms with Gasteiger partial charge in [-0.1, -0.05) is 51.0 Å². The number of rotatable bonds is 6. The number of benzene rings is 2. The number of carbonyl (C=O) groups is 1. The summed E-state index contributed by atoms with van der Waals surface area (Å²) in [7, 11) is 0. The third-order valence-corrected chi connectivity index (χ3v) is 5.03. The predicted molar refractivity (Wildman–Crippen MR) is 98.2 cm³/mol. The maximum absolute atomic E-state index is 15.0. The fraction of sp³-hybridized carbons (Fsp3) is 0.409. The van der Waals surface area contributed by atoms with Crippen LogP contribution in [-0.4, -0.2) is 12.1 Å². The van der Waals surface area contributed by atoms with Gasteiger partial charge in [0.1, 0.15) is 17.7 Å². The Bertz CT molecular complexity index is 814. The summed E-state index contributed by atoms with van der Waals surface area (Å²) in [4.78, 5) is 12.4. The van der Waals surface area contributed by atoms with Crippen LogP contribution in [0.1, 0.15) is 61.0 Å². The highest BCUT2D eigenvalue weighted by molar-refractivity contribution is 5.94. The maximum Gasteiger partial charge on any atom is 0.341 e. The first-order chi connectivity index (χ1) is 12.5. The number of hydrogen-bond donors (Lipinski definition) is 0. The number of cyclic esters (lactones) is 1. The van der Waals surface area contributed by atoms with E-state index < -0.39 is 11.8 Å². The van der Waals surface area contributed by atoms with Crippen LogP contribution in [-0.2, 0) is 17.6 Å². The van der Waals surface area contributed by atoms with Gasteiger partial charge in [0.2, 0.25) is 0 Å². The first kappa shape index (κ1) is 18.6. The molecule has 0 spiro atoms. The van der Waals surface area contributed by atoms with Crippen LogP contribution < -0.4 is 0 Å². The van der Waals surface area contributed by atoms with Crippen molar-refractivity contribution in [2.75, 3.05) is 0 Å². The van der Waals surface area contributed by atoms with E-state index in [2.05, 4.69) is 6.92 Å². The van der Waals surface area contributed by atoms with Gasteiger partial charge in [-0.2, -0.15) is 0 Å². The fourth-order valence-corrected chi connectivity index (χ4v) is 3.51. The molecule has 138 valence electrons. The molecule has 1 aliphatic rings. The Hall–Kier alpha value is -2.23. The Morgan fingerprint density at radius 1 is 1.12 bits per heavy atom. The SMILES string of the molecule is CCCCCC1Cc2ccc(-c3ccc(CC)c(F)c3)c(F)c2C(=O)O1. The van der Waals surface area contributed by atoms with E-state index >= 15 is 4.39 Å². The molecule has 0 saturated heterocycles. The lowest BCUT2D eigenvalue weighted by Crippen LogP contribution is -2.28. The van der Waals surface area contributed by atoms with Gasteiger partial charge in [0.15, 0.2) is 0 Å². The summed E-state index contributed by atoms with van der Waals surface area (Å²) >= 11 is 0. The fourth-order valence-electron chi connectivity index (χ4n) is 3.51. The predicted octanol–water partition coefficient (Wildman–Crippen LogP) is 5.86. The van der Waals surface area contributed by atoms with Crippen LogP contribution in [0.4, 0.5) is 8.78 Å². The van der Waals surface area contributed by atoms with Crippen LogP contribution in [0.5, 0.6) is 0 Å². The van der Waals surface area contributed by atoms with Gasteiger partial charge in [-0.25, -0.2) is 13.6 Å². The number of hydrogen-bond acceptors (Lipinski definition) is 2. The van der Waals surface area contributed by atoms with Crippen molar-refractivity contribution in [3.05, 3.63) is 58.7 Å². The van der Waals surface area contributed by atoms with Crippen LogP contribution in [0.2, 0.25) is 0 Å². The number of aryl methyl sites for hydroxylation is 1. The molecule has 26 heavy (non-hydrogen) atoms. The summed E-state index contributed by atoms with van der Waals surface area (Å²) in [6.07, 6.45) is 4.90. The zero-order valence-electron chi connectivity index (χ0n) is 15.3. The second-order valence-electron chi connectivity index (χ2n) is 6.85. The minimum Gasteiger partial charge on any atom is -0.458 e. The van der Waals surface area contributed by atoms with Crippen molar-refractivity contribution in [1.29, 1.82) is 0 Å².